The predicted octanol–water partition coefficient (Wildman–Crippen LogP) is 6.94. The minimum Gasteiger partial charge on any atom is -0.455 e. The molecule has 214 valence electrons. The summed E-state index contributed by atoms with van der Waals surface area (Å²) in [7, 11) is 0. The Hall–Kier alpha value is -4.20. The predicted molar refractivity (Wildman–Crippen MR) is 168 cm³/mol. The van der Waals surface area contributed by atoms with Crippen LogP contribution in [0.4, 0.5) is 11.4 Å². The number of carbonyl (C=O) groups is 3. The Morgan fingerprint density at radius 2 is 1.69 bits per heavy atom. The van der Waals surface area contributed by atoms with Crippen LogP contribution < -0.4 is 10.1 Å². The minimum atomic E-state index is -0.441. The highest BCUT2D eigenvalue weighted by Crippen LogP contribution is 2.33. The van der Waals surface area contributed by atoms with Gasteiger partial charge in [0.05, 0.1) is 23.0 Å². The van der Waals surface area contributed by atoms with E-state index in [-0.39, 0.29) is 22.4 Å². The van der Waals surface area contributed by atoms with Crippen LogP contribution in [-0.2, 0) is 20.8 Å². The first kappa shape index (κ1) is 30.8. The van der Waals surface area contributed by atoms with Gasteiger partial charge in [-0.3, -0.25) is 24.4 Å². The van der Waals surface area contributed by atoms with Gasteiger partial charge in [-0.1, -0.05) is 29.6 Å². The molecule has 0 amide bonds. The number of nitrogens with one attached hydrogen (secondary N) is 1. The molecule has 0 aliphatic heterocycles. The molecule has 0 aliphatic rings. The lowest BCUT2D eigenvalue weighted by Gasteiger charge is -2.16. The fourth-order valence-electron chi connectivity index (χ4n) is 4.21. The largest absolute Gasteiger partial charge is 0.455 e. The first-order chi connectivity index (χ1) is 20.1. The van der Waals surface area contributed by atoms with E-state index in [1.807, 2.05) is 62.4 Å². The van der Waals surface area contributed by atoms with Crippen LogP contribution in [-0.4, -0.2) is 37.5 Å². The Bertz CT molecular complexity index is 1660. The van der Waals surface area contributed by atoms with Gasteiger partial charge in [0.15, 0.2) is 10.2 Å². The molecule has 0 radical (unpaired) electrons. The van der Waals surface area contributed by atoms with E-state index in [1.54, 1.807) is 6.20 Å². The molecule has 0 unspecified atom stereocenters. The van der Waals surface area contributed by atoms with Crippen molar-refractivity contribution in [2.75, 3.05) is 16.8 Å². The van der Waals surface area contributed by atoms with Gasteiger partial charge in [-0.2, -0.15) is 5.26 Å². The number of ether oxygens (including phenoxy) is 1. The third-order valence-corrected chi connectivity index (χ3v) is 8.37. The minimum absolute atomic E-state index is 0.0502. The maximum Gasteiger partial charge on any atom is 0.185 e. The number of carbonyl (C=O) groups excluding carboxylic acids is 3. The number of aryl methyl sites for hydroxylation is 2. The molecule has 2 aromatic carbocycles. The zero-order valence-corrected chi connectivity index (χ0v) is 25.4. The molecule has 2 heterocycles. The second kappa shape index (κ2) is 14.1. The number of ketones is 1. The molecule has 0 atom stereocenters. The molecule has 8 nitrogen and oxygen atoms in total. The standard InChI is InChI=1S/C32H30N4O4S2/c1-19-11-26(7-10-31(19)40-27-8-5-20(2)34-16-27)36-32-24(14-33)15-35-29-9-6-23(12-28(29)32)13-30(39)25(17-41-21(3)37)18-42-22(4)38/h5-12,15-16,25H,13,17-18H2,1-4H3,(H,35,36). The van der Waals surface area contributed by atoms with Gasteiger partial charge in [-0.25, -0.2) is 0 Å². The Morgan fingerprint density at radius 1 is 0.952 bits per heavy atom. The van der Waals surface area contributed by atoms with E-state index in [4.69, 9.17) is 4.74 Å². The van der Waals surface area contributed by atoms with Crippen LogP contribution in [0.1, 0.15) is 36.2 Å². The first-order valence-electron chi connectivity index (χ1n) is 13.2. The second-order valence-electron chi connectivity index (χ2n) is 9.80. The zero-order valence-electron chi connectivity index (χ0n) is 23.8. The number of benzene rings is 2. The molecule has 0 bridgehead atoms. The van der Waals surface area contributed by atoms with Gasteiger partial charge in [0.1, 0.15) is 23.4 Å². The van der Waals surface area contributed by atoms with Crippen molar-refractivity contribution in [3.63, 3.8) is 0 Å². The summed E-state index contributed by atoms with van der Waals surface area (Å²) in [6, 6.07) is 17.2. The normalized spacial score (nSPS) is 10.9. The summed E-state index contributed by atoms with van der Waals surface area (Å²) in [4.78, 5) is 45.0. The van der Waals surface area contributed by atoms with Crippen molar-refractivity contribution >= 4 is 61.8 Å². The van der Waals surface area contributed by atoms with E-state index in [0.717, 1.165) is 46.0 Å². The summed E-state index contributed by atoms with van der Waals surface area (Å²) in [5.74, 6) is 1.49. The number of nitrogens with zero attached hydrogens (tertiary/aromatic N) is 3. The third kappa shape index (κ3) is 8.18. The summed E-state index contributed by atoms with van der Waals surface area (Å²) in [5, 5.41) is 13.8. The van der Waals surface area contributed by atoms with E-state index in [2.05, 4.69) is 21.4 Å². The summed E-state index contributed by atoms with van der Waals surface area (Å²) in [6.07, 6.45) is 3.34. The summed E-state index contributed by atoms with van der Waals surface area (Å²) in [5.41, 5.74) is 4.93. The van der Waals surface area contributed by atoms with Gasteiger partial charge in [0.25, 0.3) is 0 Å². The van der Waals surface area contributed by atoms with Gasteiger partial charge in [-0.05, 0) is 67.4 Å². The molecule has 1 N–H and O–H groups in total. The Labute approximate surface area is 253 Å². The molecule has 0 spiro atoms. The van der Waals surface area contributed by atoms with Crippen molar-refractivity contribution in [1.82, 2.24) is 9.97 Å². The lowest BCUT2D eigenvalue weighted by molar-refractivity contribution is -0.120. The van der Waals surface area contributed by atoms with Gasteiger partial charge < -0.3 is 10.1 Å². The number of thioether (sulfide) groups is 2. The highest BCUT2D eigenvalue weighted by Gasteiger charge is 2.21. The molecule has 0 aliphatic carbocycles. The van der Waals surface area contributed by atoms with Gasteiger partial charge in [0.2, 0.25) is 0 Å². The summed E-state index contributed by atoms with van der Waals surface area (Å²) >= 11 is 2.18. The van der Waals surface area contributed by atoms with Crippen LogP contribution in [0.15, 0.2) is 60.9 Å². The zero-order chi connectivity index (χ0) is 30.2. The lowest BCUT2D eigenvalue weighted by atomic mass is 9.98. The van der Waals surface area contributed by atoms with E-state index >= 15 is 0 Å². The molecule has 0 saturated heterocycles. The highest BCUT2D eigenvalue weighted by molar-refractivity contribution is 8.14. The number of hydrogen-bond acceptors (Lipinski definition) is 10. The quantitative estimate of drug-likeness (QED) is 0.194. The third-order valence-electron chi connectivity index (χ3n) is 6.42. The topological polar surface area (TPSA) is 122 Å². The Morgan fingerprint density at radius 3 is 2.31 bits per heavy atom. The molecule has 4 aromatic rings. The van der Waals surface area contributed by atoms with Crippen molar-refractivity contribution in [3.8, 4) is 17.6 Å². The van der Waals surface area contributed by atoms with Crippen molar-refractivity contribution in [2.45, 2.75) is 34.1 Å². The van der Waals surface area contributed by atoms with E-state index in [0.29, 0.717) is 45.2 Å². The van der Waals surface area contributed by atoms with Gasteiger partial charge >= 0.3 is 0 Å². The number of aromatic nitrogens is 2. The van der Waals surface area contributed by atoms with Crippen LogP contribution >= 0.6 is 23.5 Å². The maximum absolute atomic E-state index is 13.2. The van der Waals surface area contributed by atoms with Gasteiger partial charge in [-0.15, -0.1) is 0 Å². The van der Waals surface area contributed by atoms with Crippen LogP contribution in [0.3, 0.4) is 0 Å². The fraction of sp³-hybridized carbons (Fsp3) is 0.250. The van der Waals surface area contributed by atoms with E-state index in [9.17, 15) is 19.6 Å². The number of fused-ring (bicyclic) bond motifs is 1. The second-order valence-corrected chi connectivity index (χ2v) is 12.2. The van der Waals surface area contributed by atoms with Crippen molar-refractivity contribution in [3.05, 3.63) is 83.3 Å². The molecule has 0 fully saturated rings. The molecule has 2 aromatic heterocycles. The fourth-order valence-corrected chi connectivity index (χ4v) is 5.84. The molecule has 4 rings (SSSR count). The van der Waals surface area contributed by atoms with Crippen LogP contribution in [0.2, 0.25) is 0 Å². The van der Waals surface area contributed by atoms with E-state index in [1.165, 1.54) is 20.0 Å². The number of Topliss-reactive ketones (excluding diaryl/α,β-unsaturated/α-hetero) is 1. The maximum atomic E-state index is 13.2. The van der Waals surface area contributed by atoms with Crippen molar-refractivity contribution < 1.29 is 19.1 Å². The number of rotatable bonds is 11. The SMILES string of the molecule is CC(=O)SCC(CSC(C)=O)C(=O)Cc1ccc2ncc(C#N)c(Nc3ccc(Oc4ccc(C)nc4)c(C)c3)c2c1. The molecular formula is C32H30N4O4S2. The number of hydrogen-bond donors (Lipinski definition) is 1. The average molecular weight is 599 g/mol. The van der Waals surface area contributed by atoms with Crippen LogP contribution in [0.25, 0.3) is 10.9 Å². The summed E-state index contributed by atoms with van der Waals surface area (Å²) in [6.45, 7) is 6.78. The first-order valence-corrected chi connectivity index (χ1v) is 15.2. The van der Waals surface area contributed by atoms with Gasteiger partial charge in [0, 0.05) is 60.7 Å². The van der Waals surface area contributed by atoms with Crippen molar-refractivity contribution in [2.24, 2.45) is 5.92 Å². The highest BCUT2D eigenvalue weighted by atomic mass is 32.2. The Balaban J connectivity index is 1.59. The van der Waals surface area contributed by atoms with E-state index < -0.39 is 5.92 Å². The molecule has 10 heteroatoms. The number of nitriles is 1. The molecule has 0 saturated carbocycles. The summed E-state index contributed by atoms with van der Waals surface area (Å²) < 4.78 is 5.99. The number of anilines is 2. The van der Waals surface area contributed by atoms with Crippen LogP contribution in [0.5, 0.6) is 11.5 Å². The molecule has 42 heavy (non-hydrogen) atoms. The Kier molecular flexibility index (Phi) is 10.3. The van der Waals surface area contributed by atoms with Crippen molar-refractivity contribution in [1.29, 1.82) is 5.26 Å². The smallest absolute Gasteiger partial charge is 0.185 e. The average Bonchev–Trinajstić information content (AvgIpc) is 2.95. The number of pyridine rings is 2. The monoisotopic (exact) mass is 598 g/mol. The lowest BCUT2D eigenvalue weighted by Crippen LogP contribution is -2.22. The molecular weight excluding hydrogens is 569 g/mol. The van der Waals surface area contributed by atoms with Crippen LogP contribution in [0, 0.1) is 31.1 Å².